The molecule has 0 aliphatic carbocycles. The molecule has 168 valence electrons. The van der Waals surface area contributed by atoms with E-state index in [0.717, 1.165) is 10.7 Å². The number of hydrogen-bond donors (Lipinski definition) is 1. The van der Waals surface area contributed by atoms with Crippen LogP contribution < -0.4 is 10.5 Å². The highest BCUT2D eigenvalue weighted by Gasteiger charge is 2.36. The molecule has 0 radical (unpaired) electrons. The molecule has 3 rings (SSSR count). The highest BCUT2D eigenvalue weighted by molar-refractivity contribution is 6.32. The average molecular weight is 459 g/mol. The normalized spacial score (nSPS) is 16.3. The minimum atomic E-state index is -4.61. The Morgan fingerprint density at radius 3 is 2.65 bits per heavy atom. The molecule has 1 aliphatic heterocycles. The van der Waals surface area contributed by atoms with Gasteiger partial charge in [0.2, 0.25) is 0 Å². The van der Waals surface area contributed by atoms with Gasteiger partial charge in [-0.2, -0.15) is 18.3 Å². The van der Waals surface area contributed by atoms with Gasteiger partial charge in [-0.3, -0.25) is 14.3 Å². The standard InChI is InChI=1S/C20H22ClF3N4O3/c1-27-16(10-17(26-27)20(22,23)24)19(30)28-7-5-12(6-8-28)15(25)9-13-3-2-4-14(21)18(13)31-11-29/h2-4,10-12,15H,5-9,25H2,1H3. The summed E-state index contributed by atoms with van der Waals surface area (Å²) < 4.78 is 44.5. The fourth-order valence-electron chi connectivity index (χ4n) is 3.81. The molecule has 0 spiro atoms. The minimum absolute atomic E-state index is 0.0874. The Morgan fingerprint density at radius 1 is 1.39 bits per heavy atom. The van der Waals surface area contributed by atoms with Gasteiger partial charge in [-0.15, -0.1) is 0 Å². The van der Waals surface area contributed by atoms with Crippen LogP contribution in [0.2, 0.25) is 5.02 Å². The largest absolute Gasteiger partial charge is 0.435 e. The summed E-state index contributed by atoms with van der Waals surface area (Å²) in [6, 6.07) is 5.64. The molecule has 2 heterocycles. The summed E-state index contributed by atoms with van der Waals surface area (Å²) in [6.07, 6.45) is -2.98. The van der Waals surface area contributed by atoms with Crippen LogP contribution >= 0.6 is 11.6 Å². The molecule has 2 N–H and O–H groups in total. The van der Waals surface area contributed by atoms with E-state index in [1.807, 2.05) is 0 Å². The molecular weight excluding hydrogens is 437 g/mol. The van der Waals surface area contributed by atoms with E-state index in [0.29, 0.717) is 49.4 Å². The number of rotatable bonds is 6. The Morgan fingerprint density at radius 2 is 2.06 bits per heavy atom. The number of alkyl halides is 3. The zero-order chi connectivity index (χ0) is 22.8. The van der Waals surface area contributed by atoms with Gasteiger partial charge in [0.25, 0.3) is 12.4 Å². The van der Waals surface area contributed by atoms with Gasteiger partial charge in [0.1, 0.15) is 5.69 Å². The molecule has 1 amide bonds. The lowest BCUT2D eigenvalue weighted by Crippen LogP contribution is -2.44. The molecule has 2 aromatic rings. The number of benzene rings is 1. The summed E-state index contributed by atoms with van der Waals surface area (Å²) in [4.78, 5) is 24.9. The molecule has 1 fully saturated rings. The number of hydrogen-bond acceptors (Lipinski definition) is 5. The zero-order valence-electron chi connectivity index (χ0n) is 16.7. The number of nitrogens with two attached hydrogens (primary N) is 1. The molecule has 1 saturated heterocycles. The number of amides is 1. The van der Waals surface area contributed by atoms with Crippen molar-refractivity contribution in [3.63, 3.8) is 0 Å². The molecule has 11 heteroatoms. The maximum atomic E-state index is 12.9. The summed E-state index contributed by atoms with van der Waals surface area (Å²) in [7, 11) is 1.31. The number of ether oxygens (including phenoxy) is 1. The van der Waals surface area contributed by atoms with Gasteiger partial charge in [0, 0.05) is 32.2 Å². The third-order valence-corrected chi connectivity index (χ3v) is 5.79. The van der Waals surface area contributed by atoms with Crippen molar-refractivity contribution >= 4 is 24.0 Å². The Bertz CT molecular complexity index is 956. The van der Waals surface area contributed by atoms with Crippen molar-refractivity contribution in [1.82, 2.24) is 14.7 Å². The first-order valence-electron chi connectivity index (χ1n) is 9.65. The Labute approximate surface area is 181 Å². The number of nitrogens with zero attached hydrogens (tertiary/aromatic N) is 3. The van der Waals surface area contributed by atoms with Crippen molar-refractivity contribution in [3.05, 3.63) is 46.2 Å². The predicted molar refractivity (Wildman–Crippen MR) is 107 cm³/mol. The van der Waals surface area contributed by atoms with E-state index in [-0.39, 0.29) is 23.4 Å². The van der Waals surface area contributed by atoms with E-state index in [2.05, 4.69) is 5.10 Å². The molecule has 1 unspecified atom stereocenters. The van der Waals surface area contributed by atoms with Crippen LogP contribution in [0.4, 0.5) is 13.2 Å². The van der Waals surface area contributed by atoms with Gasteiger partial charge >= 0.3 is 6.18 Å². The summed E-state index contributed by atoms with van der Waals surface area (Å²) in [6.45, 7) is 1.05. The number of para-hydroxylation sites is 1. The van der Waals surface area contributed by atoms with Crippen LogP contribution in [0.15, 0.2) is 24.3 Å². The van der Waals surface area contributed by atoms with Crippen molar-refractivity contribution in [2.75, 3.05) is 13.1 Å². The molecule has 7 nitrogen and oxygen atoms in total. The first kappa shape index (κ1) is 23.1. The highest BCUT2D eigenvalue weighted by Crippen LogP contribution is 2.32. The number of halogens is 4. The topological polar surface area (TPSA) is 90.5 Å². The molecule has 1 atom stereocenters. The second-order valence-electron chi connectivity index (χ2n) is 7.48. The third kappa shape index (κ3) is 5.19. The fourth-order valence-corrected chi connectivity index (χ4v) is 4.05. The van der Waals surface area contributed by atoms with E-state index in [9.17, 15) is 22.8 Å². The van der Waals surface area contributed by atoms with Crippen molar-refractivity contribution in [2.24, 2.45) is 18.7 Å². The zero-order valence-corrected chi connectivity index (χ0v) is 17.5. The van der Waals surface area contributed by atoms with Gasteiger partial charge < -0.3 is 15.4 Å². The van der Waals surface area contributed by atoms with E-state index >= 15 is 0 Å². The molecular formula is C20H22ClF3N4O3. The lowest BCUT2D eigenvalue weighted by Gasteiger charge is -2.35. The van der Waals surface area contributed by atoms with E-state index in [1.165, 1.54) is 11.9 Å². The van der Waals surface area contributed by atoms with Crippen LogP contribution in [0.5, 0.6) is 5.75 Å². The van der Waals surface area contributed by atoms with Crippen LogP contribution in [-0.4, -0.2) is 46.2 Å². The second-order valence-corrected chi connectivity index (χ2v) is 7.88. The van der Waals surface area contributed by atoms with Gasteiger partial charge in [-0.1, -0.05) is 23.7 Å². The molecule has 1 aromatic carbocycles. The lowest BCUT2D eigenvalue weighted by atomic mass is 9.86. The fraction of sp³-hybridized carbons (Fsp3) is 0.450. The monoisotopic (exact) mass is 458 g/mol. The van der Waals surface area contributed by atoms with Gasteiger partial charge in [0.05, 0.1) is 5.02 Å². The quantitative estimate of drug-likeness (QED) is 0.672. The average Bonchev–Trinajstić information content (AvgIpc) is 3.12. The SMILES string of the molecule is Cn1nc(C(F)(F)F)cc1C(=O)N1CCC(C(N)Cc2cccc(Cl)c2OC=O)CC1. The molecule has 31 heavy (non-hydrogen) atoms. The first-order valence-corrected chi connectivity index (χ1v) is 10.0. The third-order valence-electron chi connectivity index (χ3n) is 5.49. The maximum Gasteiger partial charge on any atom is 0.435 e. The summed E-state index contributed by atoms with van der Waals surface area (Å²) in [5.41, 5.74) is 5.88. The maximum absolute atomic E-state index is 12.9. The van der Waals surface area contributed by atoms with Crippen LogP contribution in [0.3, 0.4) is 0 Å². The van der Waals surface area contributed by atoms with Crippen LogP contribution in [0, 0.1) is 5.92 Å². The lowest BCUT2D eigenvalue weighted by molar-refractivity contribution is -0.141. The summed E-state index contributed by atoms with van der Waals surface area (Å²) in [5.74, 6) is -0.127. The van der Waals surface area contributed by atoms with E-state index in [1.54, 1.807) is 18.2 Å². The summed E-state index contributed by atoms with van der Waals surface area (Å²) >= 11 is 6.09. The summed E-state index contributed by atoms with van der Waals surface area (Å²) in [5, 5.41) is 3.71. The molecule has 1 aliphatic rings. The van der Waals surface area contributed by atoms with Crippen LogP contribution in [0.1, 0.15) is 34.6 Å². The van der Waals surface area contributed by atoms with Gasteiger partial charge in [-0.05, 0) is 36.8 Å². The second kappa shape index (κ2) is 9.27. The van der Waals surface area contributed by atoms with Crippen molar-refractivity contribution in [3.8, 4) is 5.75 Å². The Kier molecular flexibility index (Phi) is 6.90. The number of likely N-dealkylation sites (tertiary alicyclic amines) is 1. The van der Waals surface area contributed by atoms with Crippen LogP contribution in [0.25, 0.3) is 0 Å². The number of aryl methyl sites for hydroxylation is 1. The number of aromatic nitrogens is 2. The highest BCUT2D eigenvalue weighted by atomic mass is 35.5. The smallest absolute Gasteiger partial charge is 0.427 e. The van der Waals surface area contributed by atoms with E-state index < -0.39 is 17.8 Å². The molecule has 1 aromatic heterocycles. The number of piperidine rings is 1. The van der Waals surface area contributed by atoms with E-state index in [4.69, 9.17) is 22.1 Å². The number of carbonyl (C=O) groups is 2. The Hall–Kier alpha value is -2.59. The van der Waals surface area contributed by atoms with Crippen molar-refractivity contribution in [1.29, 1.82) is 0 Å². The van der Waals surface area contributed by atoms with Gasteiger partial charge in [-0.25, -0.2) is 0 Å². The van der Waals surface area contributed by atoms with Crippen molar-refractivity contribution in [2.45, 2.75) is 31.5 Å². The predicted octanol–water partition coefficient (Wildman–Crippen LogP) is 3.05. The molecule has 0 bridgehead atoms. The minimum Gasteiger partial charge on any atom is -0.427 e. The Balaban J connectivity index is 1.62. The van der Waals surface area contributed by atoms with Gasteiger partial charge in [0.15, 0.2) is 11.4 Å². The number of carbonyl (C=O) groups excluding carboxylic acids is 2. The first-order chi connectivity index (χ1) is 14.6. The van der Waals surface area contributed by atoms with Crippen molar-refractivity contribution < 1.29 is 27.5 Å². The van der Waals surface area contributed by atoms with Crippen LogP contribution in [-0.2, 0) is 24.4 Å². The molecule has 0 saturated carbocycles.